The third kappa shape index (κ3) is 4.64. The summed E-state index contributed by atoms with van der Waals surface area (Å²) in [5.74, 6) is 0.572. The Hall–Kier alpha value is -4.33. The van der Waals surface area contributed by atoms with Gasteiger partial charge in [-0.1, -0.05) is 49.4 Å². The number of ether oxygens (including phenoxy) is 1. The maximum atomic E-state index is 13.2. The number of nitro groups is 1. The second-order valence-corrected chi connectivity index (χ2v) is 7.50. The van der Waals surface area contributed by atoms with E-state index in [0.717, 1.165) is 12.0 Å². The Morgan fingerprint density at radius 3 is 2.58 bits per heavy atom. The Morgan fingerprint density at radius 2 is 1.85 bits per heavy atom. The number of hydrogen-bond acceptors (Lipinski definition) is 6. The van der Waals surface area contributed by atoms with E-state index in [0.29, 0.717) is 22.3 Å². The van der Waals surface area contributed by atoms with Crippen molar-refractivity contribution in [3.8, 4) is 17.1 Å². The van der Waals surface area contributed by atoms with E-state index in [-0.39, 0.29) is 23.1 Å². The van der Waals surface area contributed by atoms with Crippen molar-refractivity contribution in [3.63, 3.8) is 0 Å². The zero-order valence-electron chi connectivity index (χ0n) is 18.2. The lowest BCUT2D eigenvalue weighted by atomic mass is 10.2. The second-order valence-electron chi connectivity index (χ2n) is 7.50. The lowest BCUT2D eigenvalue weighted by Crippen LogP contribution is -2.20. The summed E-state index contributed by atoms with van der Waals surface area (Å²) in [6, 6.07) is 20.9. The molecule has 0 aliphatic carbocycles. The second kappa shape index (κ2) is 9.44. The van der Waals surface area contributed by atoms with Gasteiger partial charge in [-0.25, -0.2) is 4.98 Å². The minimum atomic E-state index is -0.492. The van der Waals surface area contributed by atoms with E-state index in [2.05, 4.69) is 10.1 Å². The number of fused-ring (bicyclic) bond motifs is 1. The number of hydrogen-bond donors (Lipinski definition) is 0. The third-order valence-corrected chi connectivity index (χ3v) is 5.19. The molecule has 0 saturated heterocycles. The van der Waals surface area contributed by atoms with E-state index in [1.807, 2.05) is 50.2 Å². The van der Waals surface area contributed by atoms with E-state index in [9.17, 15) is 14.9 Å². The number of para-hydroxylation sites is 1. The molecule has 4 aromatic rings. The van der Waals surface area contributed by atoms with Gasteiger partial charge in [0.1, 0.15) is 0 Å². The maximum Gasteiger partial charge on any atom is 0.311 e. The van der Waals surface area contributed by atoms with Crippen LogP contribution in [0.5, 0.6) is 5.75 Å². The van der Waals surface area contributed by atoms with E-state index < -0.39 is 4.92 Å². The van der Waals surface area contributed by atoms with Crippen LogP contribution in [0.1, 0.15) is 25.8 Å². The van der Waals surface area contributed by atoms with E-state index in [1.54, 1.807) is 30.3 Å². The van der Waals surface area contributed by atoms with Crippen LogP contribution in [0, 0.1) is 10.1 Å². The molecule has 4 rings (SSSR count). The lowest BCUT2D eigenvalue weighted by Gasteiger charge is -2.12. The molecule has 0 amide bonds. The number of nitrogens with zero attached hydrogens (tertiary/aromatic N) is 4. The lowest BCUT2D eigenvalue weighted by molar-refractivity contribution is -0.386. The average Bonchev–Trinajstić information content (AvgIpc) is 2.84. The van der Waals surface area contributed by atoms with Crippen molar-refractivity contribution in [1.29, 1.82) is 0 Å². The van der Waals surface area contributed by atoms with Gasteiger partial charge in [0.05, 0.1) is 28.1 Å². The molecule has 33 heavy (non-hydrogen) atoms. The highest BCUT2D eigenvalue weighted by atomic mass is 16.6. The first-order valence-electron chi connectivity index (χ1n) is 10.5. The molecule has 0 aliphatic rings. The third-order valence-electron chi connectivity index (χ3n) is 5.19. The smallest absolute Gasteiger partial charge is 0.311 e. The summed E-state index contributed by atoms with van der Waals surface area (Å²) >= 11 is 0. The first-order chi connectivity index (χ1) is 16.0. The monoisotopic (exact) mass is 442 g/mol. The molecule has 8 heteroatoms. The summed E-state index contributed by atoms with van der Waals surface area (Å²) in [4.78, 5) is 28.9. The topological polar surface area (TPSA) is 99.6 Å². The largest absolute Gasteiger partial charge is 0.484 e. The molecule has 8 nitrogen and oxygen atoms in total. The standard InChI is InChI=1S/C25H22N4O4/c1-3-17(2)33-23-14-13-18(15-22(23)29(31)32)16-26-28-24(19-9-5-4-6-10-19)27-21-12-8-7-11-20(21)25(28)30/h4-17H,3H2,1-2H3/t17-/m1/s1. The SMILES string of the molecule is CC[C@@H](C)Oc1ccc(C=Nn2c(-c3ccccc3)nc3ccccc3c2=O)cc1[N+](=O)[O-]. The number of aromatic nitrogens is 2. The highest BCUT2D eigenvalue weighted by Gasteiger charge is 2.18. The number of rotatable bonds is 7. The minimum Gasteiger partial charge on any atom is -0.484 e. The molecule has 0 spiro atoms. The van der Waals surface area contributed by atoms with E-state index >= 15 is 0 Å². The number of nitro benzene ring substituents is 1. The van der Waals surface area contributed by atoms with Gasteiger partial charge in [-0.05, 0) is 37.6 Å². The minimum absolute atomic E-state index is 0.154. The summed E-state index contributed by atoms with van der Waals surface area (Å²) < 4.78 is 6.88. The summed E-state index contributed by atoms with van der Waals surface area (Å²) in [6.07, 6.45) is 1.98. The first kappa shape index (κ1) is 21.9. The Balaban J connectivity index is 1.81. The van der Waals surface area contributed by atoms with Crippen molar-refractivity contribution in [2.75, 3.05) is 0 Å². The van der Waals surface area contributed by atoms with Crippen LogP contribution in [-0.2, 0) is 0 Å². The first-order valence-corrected chi connectivity index (χ1v) is 10.5. The van der Waals surface area contributed by atoms with Gasteiger partial charge in [0.15, 0.2) is 11.6 Å². The fraction of sp³-hybridized carbons (Fsp3) is 0.160. The van der Waals surface area contributed by atoms with Crippen LogP contribution in [0.4, 0.5) is 5.69 Å². The highest BCUT2D eigenvalue weighted by Crippen LogP contribution is 2.29. The highest BCUT2D eigenvalue weighted by molar-refractivity contribution is 5.83. The summed E-state index contributed by atoms with van der Waals surface area (Å²) in [5, 5.41) is 16.4. The Labute approximate surface area is 189 Å². The Bertz CT molecular complexity index is 1400. The van der Waals surface area contributed by atoms with Crippen molar-refractivity contribution in [2.24, 2.45) is 5.10 Å². The molecule has 0 radical (unpaired) electrons. The zero-order chi connectivity index (χ0) is 23.4. The van der Waals surface area contributed by atoms with Gasteiger partial charge < -0.3 is 4.74 Å². The van der Waals surface area contributed by atoms with Crippen LogP contribution in [0.15, 0.2) is 82.7 Å². The van der Waals surface area contributed by atoms with Crippen molar-refractivity contribution in [1.82, 2.24) is 9.66 Å². The van der Waals surface area contributed by atoms with Crippen molar-refractivity contribution >= 4 is 22.8 Å². The van der Waals surface area contributed by atoms with Crippen LogP contribution >= 0.6 is 0 Å². The van der Waals surface area contributed by atoms with E-state index in [1.165, 1.54) is 17.0 Å². The molecular formula is C25H22N4O4. The normalized spacial score (nSPS) is 12.2. The molecule has 1 atom stereocenters. The van der Waals surface area contributed by atoms with Gasteiger partial charge >= 0.3 is 5.69 Å². The molecule has 0 saturated carbocycles. The summed E-state index contributed by atoms with van der Waals surface area (Å²) in [6.45, 7) is 3.79. The van der Waals surface area contributed by atoms with Gasteiger partial charge in [0, 0.05) is 17.2 Å². The van der Waals surface area contributed by atoms with Gasteiger partial charge in [-0.3, -0.25) is 14.9 Å². The van der Waals surface area contributed by atoms with Crippen LogP contribution < -0.4 is 10.3 Å². The molecule has 1 aromatic heterocycles. The predicted octanol–water partition coefficient (Wildman–Crippen LogP) is 5.03. The molecule has 0 unspecified atom stereocenters. The Kier molecular flexibility index (Phi) is 6.26. The summed E-state index contributed by atoms with van der Waals surface area (Å²) in [7, 11) is 0. The number of benzene rings is 3. The molecular weight excluding hydrogens is 420 g/mol. The van der Waals surface area contributed by atoms with Crippen molar-refractivity contribution in [2.45, 2.75) is 26.4 Å². The average molecular weight is 442 g/mol. The molecule has 3 aromatic carbocycles. The van der Waals surface area contributed by atoms with Crippen molar-refractivity contribution < 1.29 is 9.66 Å². The van der Waals surface area contributed by atoms with Crippen LogP contribution in [0.25, 0.3) is 22.3 Å². The molecule has 0 aliphatic heterocycles. The van der Waals surface area contributed by atoms with Gasteiger partial charge in [-0.15, -0.1) is 0 Å². The van der Waals surface area contributed by atoms with Gasteiger partial charge in [0.25, 0.3) is 5.56 Å². The Morgan fingerprint density at radius 1 is 1.12 bits per heavy atom. The fourth-order valence-corrected chi connectivity index (χ4v) is 3.29. The van der Waals surface area contributed by atoms with Gasteiger partial charge in [-0.2, -0.15) is 9.78 Å². The zero-order valence-corrected chi connectivity index (χ0v) is 18.2. The van der Waals surface area contributed by atoms with Crippen LogP contribution in [-0.4, -0.2) is 26.9 Å². The van der Waals surface area contributed by atoms with E-state index in [4.69, 9.17) is 4.74 Å². The van der Waals surface area contributed by atoms with Crippen molar-refractivity contribution in [3.05, 3.63) is 98.8 Å². The molecule has 0 fully saturated rings. The predicted molar refractivity (Wildman–Crippen MR) is 128 cm³/mol. The van der Waals surface area contributed by atoms with Crippen LogP contribution in [0.2, 0.25) is 0 Å². The summed E-state index contributed by atoms with van der Waals surface area (Å²) in [5.41, 5.74) is 1.25. The fourth-order valence-electron chi connectivity index (χ4n) is 3.29. The van der Waals surface area contributed by atoms with Crippen LogP contribution in [0.3, 0.4) is 0 Å². The molecule has 0 bridgehead atoms. The van der Waals surface area contributed by atoms with Gasteiger partial charge in [0.2, 0.25) is 0 Å². The quantitative estimate of drug-likeness (QED) is 0.227. The molecule has 0 N–H and O–H groups in total. The molecule has 1 heterocycles. The maximum absolute atomic E-state index is 13.2. The molecule has 166 valence electrons.